The van der Waals surface area contributed by atoms with E-state index in [9.17, 15) is 14.4 Å². The summed E-state index contributed by atoms with van der Waals surface area (Å²) in [5, 5.41) is 0. The number of rotatable bonds is 7. The molecule has 0 radical (unpaired) electrons. The van der Waals surface area contributed by atoms with E-state index in [1.807, 2.05) is 43.5 Å². The van der Waals surface area contributed by atoms with E-state index in [0.29, 0.717) is 39.1 Å². The number of pyridine rings is 1. The van der Waals surface area contributed by atoms with Gasteiger partial charge in [0.25, 0.3) is 0 Å². The maximum atomic E-state index is 13.5. The van der Waals surface area contributed by atoms with E-state index < -0.39 is 6.04 Å². The maximum absolute atomic E-state index is 13.5. The molecule has 7 heteroatoms. The van der Waals surface area contributed by atoms with Crippen LogP contribution in [0.15, 0.2) is 61.4 Å². The third-order valence-electron chi connectivity index (χ3n) is 6.51. The topological polar surface area (TPSA) is 73.8 Å². The number of carbonyl (C=O) groups is 3. The van der Waals surface area contributed by atoms with Crippen LogP contribution in [0.25, 0.3) is 11.1 Å². The molecule has 33 heavy (non-hydrogen) atoms. The van der Waals surface area contributed by atoms with E-state index >= 15 is 0 Å². The quantitative estimate of drug-likeness (QED) is 0.612. The fraction of sp³-hybridized carbons (Fsp3) is 0.385. The van der Waals surface area contributed by atoms with Crippen LogP contribution < -0.4 is 0 Å². The van der Waals surface area contributed by atoms with Gasteiger partial charge in [0.1, 0.15) is 6.04 Å². The zero-order valence-corrected chi connectivity index (χ0v) is 19.0. The molecule has 0 aliphatic carbocycles. The summed E-state index contributed by atoms with van der Waals surface area (Å²) in [4.78, 5) is 48.4. The van der Waals surface area contributed by atoms with Gasteiger partial charge in [0.2, 0.25) is 17.7 Å². The Bertz CT molecular complexity index is 1040. The van der Waals surface area contributed by atoms with Crippen molar-refractivity contribution in [2.24, 2.45) is 5.92 Å². The standard InChI is InChI=1S/C26H30N4O3/c1-3-11-29-12-13-30(25(32)22-16-24(31)28(4-2)18-22)23(26(29)33)15-19-7-5-8-20(14-19)21-9-6-10-27-17-21/h3,5-10,14,17,22-23H,1,4,11-13,15-16,18H2,2H3/t22-,23-/m1/s1. The van der Waals surface area contributed by atoms with Gasteiger partial charge in [-0.05, 0) is 29.7 Å². The maximum Gasteiger partial charge on any atom is 0.246 e. The van der Waals surface area contributed by atoms with Crippen LogP contribution in [0.2, 0.25) is 0 Å². The smallest absolute Gasteiger partial charge is 0.246 e. The molecule has 0 spiro atoms. The zero-order valence-electron chi connectivity index (χ0n) is 19.0. The number of likely N-dealkylation sites (tertiary alicyclic amines) is 1. The molecule has 4 rings (SSSR count). The van der Waals surface area contributed by atoms with E-state index in [1.165, 1.54) is 0 Å². The minimum atomic E-state index is -0.596. The van der Waals surface area contributed by atoms with Gasteiger partial charge in [-0.1, -0.05) is 36.4 Å². The van der Waals surface area contributed by atoms with Gasteiger partial charge in [-0.3, -0.25) is 19.4 Å². The van der Waals surface area contributed by atoms with Crippen LogP contribution in [0.5, 0.6) is 0 Å². The molecule has 2 aromatic rings. The van der Waals surface area contributed by atoms with Crippen molar-refractivity contribution >= 4 is 17.7 Å². The fourth-order valence-corrected chi connectivity index (χ4v) is 4.75. The Hall–Kier alpha value is -3.48. The molecule has 172 valence electrons. The first-order chi connectivity index (χ1) is 16.0. The normalized spacial score (nSPS) is 20.9. The number of amides is 3. The van der Waals surface area contributed by atoms with Gasteiger partial charge < -0.3 is 14.7 Å². The zero-order chi connectivity index (χ0) is 23.4. The minimum absolute atomic E-state index is 0.00758. The van der Waals surface area contributed by atoms with E-state index in [1.54, 1.807) is 27.0 Å². The van der Waals surface area contributed by atoms with Gasteiger partial charge in [-0.2, -0.15) is 0 Å². The lowest BCUT2D eigenvalue weighted by Gasteiger charge is -2.41. The van der Waals surface area contributed by atoms with Crippen molar-refractivity contribution in [1.82, 2.24) is 19.7 Å². The molecular formula is C26H30N4O3. The minimum Gasteiger partial charge on any atom is -0.342 e. The molecule has 2 fully saturated rings. The third-order valence-corrected chi connectivity index (χ3v) is 6.51. The molecule has 1 aromatic heterocycles. The molecule has 2 atom stereocenters. The second-order valence-corrected chi connectivity index (χ2v) is 8.60. The third kappa shape index (κ3) is 4.82. The van der Waals surface area contributed by atoms with Crippen molar-refractivity contribution in [2.75, 3.05) is 32.7 Å². The van der Waals surface area contributed by atoms with Gasteiger partial charge in [0.15, 0.2) is 0 Å². The van der Waals surface area contributed by atoms with Gasteiger partial charge >= 0.3 is 0 Å². The molecule has 3 heterocycles. The Morgan fingerprint density at radius 3 is 2.67 bits per heavy atom. The van der Waals surface area contributed by atoms with Crippen molar-refractivity contribution in [1.29, 1.82) is 0 Å². The molecule has 0 unspecified atom stereocenters. The molecule has 2 saturated heterocycles. The van der Waals surface area contributed by atoms with Crippen molar-refractivity contribution in [3.8, 4) is 11.1 Å². The number of carbonyl (C=O) groups excluding carboxylic acids is 3. The number of aromatic nitrogens is 1. The SMILES string of the molecule is C=CCN1CCN(C(=O)[C@@H]2CC(=O)N(CC)C2)[C@H](Cc2cccc(-c3cccnc3)c2)C1=O. The lowest BCUT2D eigenvalue weighted by Crippen LogP contribution is -2.60. The van der Waals surface area contributed by atoms with E-state index in [0.717, 1.165) is 16.7 Å². The highest BCUT2D eigenvalue weighted by Crippen LogP contribution is 2.26. The Morgan fingerprint density at radius 1 is 1.15 bits per heavy atom. The molecule has 7 nitrogen and oxygen atoms in total. The Labute approximate surface area is 194 Å². The average molecular weight is 447 g/mol. The van der Waals surface area contributed by atoms with Crippen LogP contribution in [0.4, 0.5) is 0 Å². The highest BCUT2D eigenvalue weighted by atomic mass is 16.2. The fourth-order valence-electron chi connectivity index (χ4n) is 4.75. The number of nitrogens with zero attached hydrogens (tertiary/aromatic N) is 4. The summed E-state index contributed by atoms with van der Waals surface area (Å²) in [5.41, 5.74) is 3.00. The van der Waals surface area contributed by atoms with Crippen LogP contribution in [-0.2, 0) is 20.8 Å². The van der Waals surface area contributed by atoms with Crippen molar-refractivity contribution in [3.05, 3.63) is 67.0 Å². The summed E-state index contributed by atoms with van der Waals surface area (Å²) < 4.78 is 0. The van der Waals surface area contributed by atoms with Crippen LogP contribution >= 0.6 is 0 Å². The second-order valence-electron chi connectivity index (χ2n) is 8.60. The molecule has 3 amide bonds. The van der Waals surface area contributed by atoms with Gasteiger partial charge in [0.05, 0.1) is 5.92 Å². The van der Waals surface area contributed by atoms with E-state index in [2.05, 4.69) is 17.6 Å². The lowest BCUT2D eigenvalue weighted by molar-refractivity contribution is -0.153. The Kier molecular flexibility index (Phi) is 6.87. The van der Waals surface area contributed by atoms with Crippen LogP contribution in [0.1, 0.15) is 18.9 Å². The number of benzene rings is 1. The lowest BCUT2D eigenvalue weighted by atomic mass is 9.96. The second kappa shape index (κ2) is 9.98. The summed E-state index contributed by atoms with van der Waals surface area (Å²) in [5.74, 6) is -0.550. The first-order valence-electron chi connectivity index (χ1n) is 11.5. The summed E-state index contributed by atoms with van der Waals surface area (Å²) in [6.45, 7) is 8.10. The van der Waals surface area contributed by atoms with Crippen molar-refractivity contribution < 1.29 is 14.4 Å². The monoisotopic (exact) mass is 446 g/mol. The molecule has 2 aliphatic heterocycles. The predicted molar refractivity (Wildman–Crippen MR) is 126 cm³/mol. The largest absolute Gasteiger partial charge is 0.342 e. The highest BCUT2D eigenvalue weighted by Gasteiger charge is 2.42. The summed E-state index contributed by atoms with van der Waals surface area (Å²) in [6.07, 6.45) is 5.90. The van der Waals surface area contributed by atoms with Crippen LogP contribution in [0.3, 0.4) is 0 Å². The molecule has 0 N–H and O–H groups in total. The van der Waals surface area contributed by atoms with E-state index in [-0.39, 0.29) is 30.1 Å². The molecule has 2 aliphatic rings. The number of hydrogen-bond donors (Lipinski definition) is 0. The van der Waals surface area contributed by atoms with Crippen molar-refractivity contribution in [2.45, 2.75) is 25.8 Å². The molecule has 0 bridgehead atoms. The molecule has 0 saturated carbocycles. The first kappa shape index (κ1) is 22.7. The van der Waals surface area contributed by atoms with Gasteiger partial charge in [-0.25, -0.2) is 0 Å². The number of hydrogen-bond acceptors (Lipinski definition) is 4. The average Bonchev–Trinajstić information content (AvgIpc) is 3.23. The molecule has 1 aromatic carbocycles. The Balaban J connectivity index is 1.59. The van der Waals surface area contributed by atoms with Gasteiger partial charge in [0, 0.05) is 58.0 Å². The van der Waals surface area contributed by atoms with Crippen LogP contribution in [-0.4, -0.2) is 76.2 Å². The summed E-state index contributed by atoms with van der Waals surface area (Å²) in [7, 11) is 0. The van der Waals surface area contributed by atoms with Gasteiger partial charge in [-0.15, -0.1) is 6.58 Å². The van der Waals surface area contributed by atoms with Crippen LogP contribution in [0, 0.1) is 5.92 Å². The summed E-state index contributed by atoms with van der Waals surface area (Å²) in [6, 6.07) is 11.3. The first-order valence-corrected chi connectivity index (χ1v) is 11.5. The number of piperazine rings is 1. The Morgan fingerprint density at radius 2 is 1.97 bits per heavy atom. The highest BCUT2D eigenvalue weighted by molar-refractivity contribution is 5.93. The molecular weight excluding hydrogens is 416 g/mol. The summed E-state index contributed by atoms with van der Waals surface area (Å²) >= 11 is 0. The predicted octanol–water partition coefficient (Wildman–Crippen LogP) is 2.38. The van der Waals surface area contributed by atoms with Crippen molar-refractivity contribution in [3.63, 3.8) is 0 Å². The van der Waals surface area contributed by atoms with E-state index in [4.69, 9.17) is 0 Å².